The summed E-state index contributed by atoms with van der Waals surface area (Å²) < 4.78 is 1.02. The zero-order valence-electron chi connectivity index (χ0n) is 11.6. The van der Waals surface area contributed by atoms with Crippen molar-refractivity contribution in [1.82, 2.24) is 0 Å². The second-order valence-electron chi connectivity index (χ2n) is 6.05. The van der Waals surface area contributed by atoms with Gasteiger partial charge in [0.1, 0.15) is 0 Å². The zero-order valence-corrected chi connectivity index (χ0v) is 14.2. The van der Waals surface area contributed by atoms with E-state index in [9.17, 15) is 9.90 Å². The van der Waals surface area contributed by atoms with Gasteiger partial charge in [-0.05, 0) is 48.7 Å². The maximum absolute atomic E-state index is 10.2. The highest BCUT2D eigenvalue weighted by atomic mass is 79.9. The Hall–Kier alpha value is -0.163. The standard InChI is InChI=1S/C14H23BrO2Si/c1-14(2,18(3,4)17)10-9-13(16)11-5-7-12(15)8-6-11/h5-8,13,16-17H,9-10H2,1-4H3/t13-/m1/s1. The third-order valence-electron chi connectivity index (χ3n) is 3.95. The molecule has 4 heteroatoms. The van der Waals surface area contributed by atoms with E-state index >= 15 is 0 Å². The van der Waals surface area contributed by atoms with Crippen molar-refractivity contribution in [3.63, 3.8) is 0 Å². The van der Waals surface area contributed by atoms with Crippen molar-refractivity contribution in [2.24, 2.45) is 0 Å². The molecular formula is C14H23BrO2Si. The van der Waals surface area contributed by atoms with Crippen molar-refractivity contribution in [2.45, 2.75) is 50.9 Å². The average molecular weight is 331 g/mol. The molecule has 0 heterocycles. The van der Waals surface area contributed by atoms with Gasteiger partial charge in [0.15, 0.2) is 8.32 Å². The Kier molecular flexibility index (Phi) is 5.18. The molecule has 0 aliphatic carbocycles. The zero-order chi connectivity index (χ0) is 14.0. The summed E-state index contributed by atoms with van der Waals surface area (Å²) in [5.74, 6) is 0. The van der Waals surface area contributed by atoms with Crippen LogP contribution in [-0.2, 0) is 0 Å². The molecule has 0 aromatic heterocycles. The molecular weight excluding hydrogens is 308 g/mol. The fourth-order valence-electron chi connectivity index (χ4n) is 1.66. The first-order valence-corrected chi connectivity index (χ1v) is 10.0. The highest BCUT2D eigenvalue weighted by Crippen LogP contribution is 2.41. The van der Waals surface area contributed by atoms with E-state index in [2.05, 4.69) is 29.8 Å². The molecule has 0 saturated carbocycles. The van der Waals surface area contributed by atoms with Crippen LogP contribution in [0.5, 0.6) is 0 Å². The number of halogens is 1. The van der Waals surface area contributed by atoms with E-state index in [0.717, 1.165) is 16.5 Å². The molecule has 0 unspecified atom stereocenters. The quantitative estimate of drug-likeness (QED) is 0.792. The summed E-state index contributed by atoms with van der Waals surface area (Å²) in [6.07, 6.45) is 1.07. The van der Waals surface area contributed by atoms with Crippen LogP contribution in [0.15, 0.2) is 28.7 Å². The third-order valence-corrected chi connectivity index (χ3v) is 8.04. The lowest BCUT2D eigenvalue weighted by Gasteiger charge is -2.35. The number of benzene rings is 1. The van der Waals surface area contributed by atoms with Crippen molar-refractivity contribution in [3.05, 3.63) is 34.3 Å². The SMILES string of the molecule is CC(C)(CC[C@@H](O)c1ccc(Br)cc1)[Si](C)(C)O. The van der Waals surface area contributed by atoms with Gasteiger partial charge < -0.3 is 9.90 Å². The molecule has 1 atom stereocenters. The maximum atomic E-state index is 10.2. The van der Waals surface area contributed by atoms with E-state index in [1.54, 1.807) is 0 Å². The van der Waals surface area contributed by atoms with Crippen LogP contribution in [0.3, 0.4) is 0 Å². The molecule has 102 valence electrons. The summed E-state index contributed by atoms with van der Waals surface area (Å²) in [5, 5.41) is 10.1. The van der Waals surface area contributed by atoms with Crippen LogP contribution in [0.25, 0.3) is 0 Å². The molecule has 1 rings (SSSR count). The van der Waals surface area contributed by atoms with Crippen molar-refractivity contribution in [2.75, 3.05) is 0 Å². The molecule has 18 heavy (non-hydrogen) atoms. The van der Waals surface area contributed by atoms with Gasteiger partial charge in [0.25, 0.3) is 0 Å². The van der Waals surface area contributed by atoms with Gasteiger partial charge in [0, 0.05) is 4.47 Å². The van der Waals surface area contributed by atoms with E-state index < -0.39 is 14.4 Å². The van der Waals surface area contributed by atoms with E-state index in [4.69, 9.17) is 0 Å². The number of hydrogen-bond donors (Lipinski definition) is 2. The Labute approximate surface area is 119 Å². The van der Waals surface area contributed by atoms with Gasteiger partial charge in [0.2, 0.25) is 0 Å². The van der Waals surface area contributed by atoms with Gasteiger partial charge in [0.05, 0.1) is 6.10 Å². The van der Waals surface area contributed by atoms with Crippen LogP contribution in [-0.4, -0.2) is 18.2 Å². The predicted octanol–water partition coefficient (Wildman–Crippen LogP) is 4.24. The predicted molar refractivity (Wildman–Crippen MR) is 82.1 cm³/mol. The molecule has 0 radical (unpaired) electrons. The number of aliphatic hydroxyl groups excluding tert-OH is 1. The normalized spacial score (nSPS) is 14.6. The van der Waals surface area contributed by atoms with Crippen LogP contribution in [0.4, 0.5) is 0 Å². The largest absolute Gasteiger partial charge is 0.432 e. The molecule has 1 aromatic rings. The Morgan fingerprint density at radius 3 is 2.17 bits per heavy atom. The first-order chi connectivity index (χ1) is 8.13. The molecule has 0 spiro atoms. The molecule has 0 fully saturated rings. The van der Waals surface area contributed by atoms with Crippen molar-refractivity contribution in [3.8, 4) is 0 Å². The first-order valence-electron chi connectivity index (χ1n) is 6.29. The van der Waals surface area contributed by atoms with E-state index in [-0.39, 0.29) is 5.04 Å². The minimum atomic E-state index is -2.18. The van der Waals surface area contributed by atoms with Crippen LogP contribution >= 0.6 is 15.9 Å². The molecule has 1 aromatic carbocycles. The summed E-state index contributed by atoms with van der Waals surface area (Å²) in [5.41, 5.74) is 0.936. The fraction of sp³-hybridized carbons (Fsp3) is 0.571. The lowest BCUT2D eigenvalue weighted by Crippen LogP contribution is -2.39. The van der Waals surface area contributed by atoms with Crippen LogP contribution in [0.1, 0.15) is 38.4 Å². The lowest BCUT2D eigenvalue weighted by atomic mass is 9.99. The summed E-state index contributed by atoms with van der Waals surface area (Å²) in [6, 6.07) is 7.75. The highest BCUT2D eigenvalue weighted by molar-refractivity contribution is 9.10. The van der Waals surface area contributed by atoms with E-state index in [1.165, 1.54) is 0 Å². The third kappa shape index (κ3) is 4.19. The Morgan fingerprint density at radius 1 is 1.22 bits per heavy atom. The highest BCUT2D eigenvalue weighted by Gasteiger charge is 2.37. The number of hydrogen-bond acceptors (Lipinski definition) is 2. The van der Waals surface area contributed by atoms with E-state index in [1.807, 2.05) is 37.4 Å². The lowest BCUT2D eigenvalue weighted by molar-refractivity contribution is 0.158. The van der Waals surface area contributed by atoms with Gasteiger partial charge in [-0.1, -0.05) is 41.9 Å². The Balaban J connectivity index is 2.61. The topological polar surface area (TPSA) is 40.5 Å². The van der Waals surface area contributed by atoms with Crippen LogP contribution < -0.4 is 0 Å². The van der Waals surface area contributed by atoms with Gasteiger partial charge in [-0.2, -0.15) is 0 Å². The Morgan fingerprint density at radius 2 is 1.72 bits per heavy atom. The molecule has 0 saturated heterocycles. The average Bonchev–Trinajstić information content (AvgIpc) is 2.25. The second-order valence-corrected chi connectivity index (χ2v) is 11.4. The fourth-order valence-corrected chi connectivity index (χ4v) is 2.68. The van der Waals surface area contributed by atoms with Crippen molar-refractivity contribution in [1.29, 1.82) is 0 Å². The van der Waals surface area contributed by atoms with Crippen LogP contribution in [0, 0.1) is 0 Å². The van der Waals surface area contributed by atoms with Gasteiger partial charge in [-0.15, -0.1) is 0 Å². The number of rotatable bonds is 5. The molecule has 2 N–H and O–H groups in total. The molecule has 0 aliphatic heterocycles. The summed E-state index contributed by atoms with van der Waals surface area (Å²) in [4.78, 5) is 10.2. The second kappa shape index (κ2) is 5.86. The summed E-state index contributed by atoms with van der Waals surface area (Å²) in [6.45, 7) is 8.10. The number of aliphatic hydroxyl groups is 1. The smallest absolute Gasteiger partial charge is 0.188 e. The van der Waals surface area contributed by atoms with E-state index in [0.29, 0.717) is 6.42 Å². The van der Waals surface area contributed by atoms with Crippen molar-refractivity contribution >= 4 is 24.2 Å². The minimum absolute atomic E-state index is 0.0800. The Bertz CT molecular complexity index is 382. The van der Waals surface area contributed by atoms with Gasteiger partial charge in [-0.3, -0.25) is 0 Å². The first kappa shape index (κ1) is 15.9. The van der Waals surface area contributed by atoms with Crippen LogP contribution in [0.2, 0.25) is 18.1 Å². The maximum Gasteiger partial charge on any atom is 0.188 e. The van der Waals surface area contributed by atoms with Crippen molar-refractivity contribution < 1.29 is 9.90 Å². The monoisotopic (exact) mass is 330 g/mol. The molecule has 2 nitrogen and oxygen atoms in total. The molecule has 0 bridgehead atoms. The molecule has 0 amide bonds. The van der Waals surface area contributed by atoms with Gasteiger partial charge >= 0.3 is 0 Å². The summed E-state index contributed by atoms with van der Waals surface area (Å²) in [7, 11) is -2.18. The van der Waals surface area contributed by atoms with Gasteiger partial charge in [-0.25, -0.2) is 0 Å². The molecule has 0 aliphatic rings. The summed E-state index contributed by atoms with van der Waals surface area (Å²) >= 11 is 3.38. The minimum Gasteiger partial charge on any atom is -0.432 e.